The predicted octanol–water partition coefficient (Wildman–Crippen LogP) is 2.75. The van der Waals surface area contributed by atoms with Crippen LogP contribution in [0.4, 0.5) is 11.4 Å². The van der Waals surface area contributed by atoms with Crippen LogP contribution in [0.2, 0.25) is 0 Å². The topological polar surface area (TPSA) is 39.3 Å². The molecule has 0 saturated carbocycles. The van der Waals surface area contributed by atoms with Gasteiger partial charge in [-0.05, 0) is 30.2 Å². The molecule has 4 heteroatoms. The Morgan fingerprint density at radius 1 is 1.15 bits per heavy atom. The van der Waals surface area contributed by atoms with Crippen LogP contribution in [0, 0.1) is 5.92 Å². The Bertz CT molecular complexity index is 606. The van der Waals surface area contributed by atoms with Crippen LogP contribution in [0.15, 0.2) is 42.6 Å². The van der Waals surface area contributed by atoms with Gasteiger partial charge >= 0.3 is 0 Å². The first-order valence-electron chi connectivity index (χ1n) is 6.92. The van der Waals surface area contributed by atoms with Crippen molar-refractivity contribution in [3.63, 3.8) is 0 Å². The number of nitrogens with zero attached hydrogens (tertiary/aromatic N) is 2. The van der Waals surface area contributed by atoms with Crippen molar-refractivity contribution < 1.29 is 4.79 Å². The van der Waals surface area contributed by atoms with E-state index in [1.54, 1.807) is 6.20 Å². The monoisotopic (exact) mass is 269 g/mol. The van der Waals surface area contributed by atoms with Crippen LogP contribution in [0.5, 0.6) is 0 Å². The van der Waals surface area contributed by atoms with Gasteiger partial charge in [0.1, 0.15) is 5.69 Å². The summed E-state index contributed by atoms with van der Waals surface area (Å²) in [7, 11) is 2.08. The summed E-state index contributed by atoms with van der Waals surface area (Å²) in [6, 6.07) is 11.8. The molecule has 1 amide bonds. The number of hydrogen-bond donors (Lipinski definition) is 1. The van der Waals surface area contributed by atoms with Crippen molar-refractivity contribution in [3.8, 4) is 0 Å². The molecule has 1 aliphatic rings. The minimum Gasteiger partial charge on any atom is -0.373 e. The molecule has 1 aliphatic heterocycles. The van der Waals surface area contributed by atoms with Gasteiger partial charge < -0.3 is 14.8 Å². The summed E-state index contributed by atoms with van der Waals surface area (Å²) in [6.45, 7) is 3.86. The number of amides is 1. The van der Waals surface area contributed by atoms with Gasteiger partial charge in [0.05, 0.1) is 11.4 Å². The lowest BCUT2D eigenvalue weighted by Crippen LogP contribution is -2.35. The minimum absolute atomic E-state index is 0.0320. The molecule has 2 heterocycles. The average Bonchev–Trinajstić information content (AvgIpc) is 2.94. The van der Waals surface area contributed by atoms with E-state index in [2.05, 4.69) is 29.9 Å². The van der Waals surface area contributed by atoms with E-state index in [1.165, 1.54) is 0 Å². The van der Waals surface area contributed by atoms with Crippen LogP contribution in [0.25, 0.3) is 0 Å². The van der Waals surface area contributed by atoms with Gasteiger partial charge in [0.25, 0.3) is 5.91 Å². The number of aromatic amines is 1. The first-order chi connectivity index (χ1) is 9.66. The molecular formula is C16H19N3O. The Labute approximate surface area is 119 Å². The number of para-hydroxylation sites is 2. The molecule has 3 rings (SSSR count). The molecule has 1 aromatic heterocycles. The van der Waals surface area contributed by atoms with Crippen LogP contribution < -0.4 is 9.80 Å². The van der Waals surface area contributed by atoms with Gasteiger partial charge in [0.15, 0.2) is 0 Å². The lowest BCUT2D eigenvalue weighted by atomic mass is 10.1. The number of carbonyl (C=O) groups is 1. The number of aromatic nitrogens is 1. The van der Waals surface area contributed by atoms with Gasteiger partial charge in [-0.3, -0.25) is 4.79 Å². The number of nitrogens with one attached hydrogen (secondary N) is 1. The number of benzene rings is 1. The standard InChI is InChI=1S/C16H19N3O/c1-12-10-18(2)14-7-3-4-8-15(14)19(11-12)16(20)13-6-5-9-17-13/h3-9,12,17H,10-11H2,1-2H3/t12-/m0/s1. The van der Waals surface area contributed by atoms with E-state index in [9.17, 15) is 4.79 Å². The summed E-state index contributed by atoms with van der Waals surface area (Å²) in [4.78, 5) is 19.8. The van der Waals surface area contributed by atoms with Gasteiger partial charge in [-0.1, -0.05) is 19.1 Å². The molecule has 1 aromatic carbocycles. The van der Waals surface area contributed by atoms with E-state index in [0.29, 0.717) is 11.6 Å². The molecule has 0 spiro atoms. The van der Waals surface area contributed by atoms with E-state index in [4.69, 9.17) is 0 Å². The van der Waals surface area contributed by atoms with Crippen LogP contribution in [0.1, 0.15) is 17.4 Å². The Morgan fingerprint density at radius 2 is 1.90 bits per heavy atom. The lowest BCUT2D eigenvalue weighted by Gasteiger charge is -2.24. The van der Waals surface area contributed by atoms with Gasteiger partial charge in [-0.2, -0.15) is 0 Å². The zero-order valence-electron chi connectivity index (χ0n) is 11.8. The molecule has 0 unspecified atom stereocenters. The summed E-state index contributed by atoms with van der Waals surface area (Å²) >= 11 is 0. The van der Waals surface area contributed by atoms with Gasteiger partial charge in [0.2, 0.25) is 0 Å². The largest absolute Gasteiger partial charge is 0.373 e. The highest BCUT2D eigenvalue weighted by atomic mass is 16.2. The van der Waals surface area contributed by atoms with Crippen LogP contribution in [-0.4, -0.2) is 31.0 Å². The van der Waals surface area contributed by atoms with Crippen molar-refractivity contribution in [3.05, 3.63) is 48.3 Å². The third-order valence-corrected chi connectivity index (χ3v) is 3.74. The molecule has 0 bridgehead atoms. The van der Waals surface area contributed by atoms with Crippen molar-refractivity contribution in [1.29, 1.82) is 0 Å². The highest BCUT2D eigenvalue weighted by molar-refractivity contribution is 6.06. The minimum atomic E-state index is 0.0320. The van der Waals surface area contributed by atoms with Crippen LogP contribution >= 0.6 is 0 Å². The fraction of sp³-hybridized carbons (Fsp3) is 0.312. The maximum atomic E-state index is 12.7. The molecular weight excluding hydrogens is 250 g/mol. The van der Waals surface area contributed by atoms with Gasteiger partial charge in [0, 0.05) is 26.3 Å². The Kier molecular flexibility index (Phi) is 3.22. The normalized spacial score (nSPS) is 18.6. The highest BCUT2D eigenvalue weighted by Crippen LogP contribution is 2.33. The van der Waals surface area contributed by atoms with E-state index < -0.39 is 0 Å². The van der Waals surface area contributed by atoms with Crippen LogP contribution in [0.3, 0.4) is 0 Å². The third-order valence-electron chi connectivity index (χ3n) is 3.74. The number of fused-ring (bicyclic) bond motifs is 1. The predicted molar refractivity (Wildman–Crippen MR) is 81.3 cm³/mol. The number of carbonyl (C=O) groups excluding carboxylic acids is 1. The third kappa shape index (κ3) is 2.18. The molecule has 4 nitrogen and oxygen atoms in total. The van der Waals surface area contributed by atoms with E-state index >= 15 is 0 Å². The second-order valence-electron chi connectivity index (χ2n) is 5.47. The average molecular weight is 269 g/mol. The van der Waals surface area contributed by atoms with Crippen molar-refractivity contribution in [2.45, 2.75) is 6.92 Å². The van der Waals surface area contributed by atoms with Crippen molar-refractivity contribution in [2.24, 2.45) is 5.92 Å². The molecule has 0 aliphatic carbocycles. The molecule has 1 atom stereocenters. The Morgan fingerprint density at radius 3 is 2.60 bits per heavy atom. The molecule has 0 fully saturated rings. The molecule has 20 heavy (non-hydrogen) atoms. The molecule has 104 valence electrons. The van der Waals surface area contributed by atoms with E-state index in [0.717, 1.165) is 24.5 Å². The number of H-pyrrole nitrogens is 1. The van der Waals surface area contributed by atoms with E-state index in [-0.39, 0.29) is 5.91 Å². The lowest BCUT2D eigenvalue weighted by molar-refractivity contribution is 0.0980. The summed E-state index contributed by atoms with van der Waals surface area (Å²) in [5.74, 6) is 0.455. The van der Waals surface area contributed by atoms with Gasteiger partial charge in [-0.25, -0.2) is 0 Å². The highest BCUT2D eigenvalue weighted by Gasteiger charge is 2.27. The zero-order valence-corrected chi connectivity index (χ0v) is 11.8. The summed E-state index contributed by atoms with van der Waals surface area (Å²) in [5, 5.41) is 0. The Hall–Kier alpha value is -2.23. The van der Waals surface area contributed by atoms with Crippen molar-refractivity contribution in [2.75, 3.05) is 29.9 Å². The Balaban J connectivity index is 2.05. The van der Waals surface area contributed by atoms with E-state index in [1.807, 2.05) is 35.2 Å². The number of rotatable bonds is 1. The second-order valence-corrected chi connectivity index (χ2v) is 5.47. The summed E-state index contributed by atoms with van der Waals surface area (Å²) < 4.78 is 0. The smallest absolute Gasteiger partial charge is 0.274 e. The maximum absolute atomic E-state index is 12.7. The quantitative estimate of drug-likeness (QED) is 0.864. The second kappa shape index (κ2) is 5.04. The fourth-order valence-corrected chi connectivity index (χ4v) is 2.85. The molecule has 2 aromatic rings. The molecule has 1 N–H and O–H groups in total. The zero-order chi connectivity index (χ0) is 14.1. The fourth-order valence-electron chi connectivity index (χ4n) is 2.85. The van der Waals surface area contributed by atoms with Gasteiger partial charge in [-0.15, -0.1) is 0 Å². The first kappa shape index (κ1) is 12.8. The summed E-state index contributed by atoms with van der Waals surface area (Å²) in [5.41, 5.74) is 2.73. The molecule has 0 radical (unpaired) electrons. The van der Waals surface area contributed by atoms with Crippen molar-refractivity contribution >= 4 is 17.3 Å². The SMILES string of the molecule is C[C@H]1CN(C)c2ccccc2N(C(=O)c2ccc[nH]2)C1. The number of anilines is 2. The van der Waals surface area contributed by atoms with Crippen molar-refractivity contribution in [1.82, 2.24) is 4.98 Å². The first-order valence-corrected chi connectivity index (χ1v) is 6.92. The van der Waals surface area contributed by atoms with Crippen LogP contribution in [-0.2, 0) is 0 Å². The number of hydrogen-bond acceptors (Lipinski definition) is 2. The molecule has 0 saturated heterocycles. The summed E-state index contributed by atoms with van der Waals surface area (Å²) in [6.07, 6.45) is 1.78. The maximum Gasteiger partial charge on any atom is 0.274 e.